The monoisotopic (exact) mass is 513 g/mol. The Morgan fingerprint density at radius 1 is 0.971 bits per heavy atom. The summed E-state index contributed by atoms with van der Waals surface area (Å²) in [5.74, 6) is 1.70. The van der Waals surface area contributed by atoms with Gasteiger partial charge in [0, 0.05) is 43.3 Å². The summed E-state index contributed by atoms with van der Waals surface area (Å²) in [7, 11) is 0. The van der Waals surface area contributed by atoms with Crippen molar-refractivity contribution in [2.75, 3.05) is 39.3 Å². The van der Waals surface area contributed by atoms with Crippen LogP contribution in [0.5, 0.6) is 5.75 Å². The van der Waals surface area contributed by atoms with E-state index in [1.165, 1.54) is 0 Å². The Hall–Kier alpha value is -2.51. The van der Waals surface area contributed by atoms with E-state index in [1.54, 1.807) is 6.07 Å². The fourth-order valence-electron chi connectivity index (χ4n) is 4.58. The van der Waals surface area contributed by atoms with Gasteiger partial charge in [0.05, 0.1) is 5.02 Å². The van der Waals surface area contributed by atoms with Gasteiger partial charge < -0.3 is 19.4 Å². The van der Waals surface area contributed by atoms with E-state index in [0.29, 0.717) is 34.7 Å². The molecule has 2 fully saturated rings. The highest BCUT2D eigenvalue weighted by atomic mass is 35.5. The first kappa shape index (κ1) is 24.2. The quantitative estimate of drug-likeness (QED) is 0.481. The molecule has 0 radical (unpaired) electrons. The van der Waals surface area contributed by atoms with Gasteiger partial charge in [0.25, 0.3) is 5.91 Å². The van der Waals surface area contributed by atoms with Gasteiger partial charge in [-0.2, -0.15) is 0 Å². The number of nitrogens with zero attached hydrogens (tertiary/aromatic N) is 2. The average molecular weight is 514 g/mol. The normalized spacial score (nSPS) is 17.5. The minimum absolute atomic E-state index is 0.0766. The molecule has 0 saturated carbocycles. The minimum Gasteiger partial charge on any atom is -0.489 e. The van der Waals surface area contributed by atoms with Gasteiger partial charge >= 0.3 is 0 Å². The smallest absolute Gasteiger partial charge is 0.289 e. The first-order chi connectivity index (χ1) is 17.0. The maximum atomic E-state index is 13.0. The molecule has 0 aliphatic carbocycles. The Kier molecular flexibility index (Phi) is 7.63. The summed E-state index contributed by atoms with van der Waals surface area (Å²) in [6.45, 7) is 5.65. The largest absolute Gasteiger partial charge is 0.489 e. The van der Waals surface area contributed by atoms with Crippen molar-refractivity contribution in [2.45, 2.75) is 25.5 Å². The van der Waals surface area contributed by atoms with E-state index in [9.17, 15) is 4.79 Å². The van der Waals surface area contributed by atoms with Crippen LogP contribution < -0.4 is 10.1 Å². The van der Waals surface area contributed by atoms with E-state index in [1.807, 2.05) is 47.4 Å². The molecule has 2 aliphatic rings. The lowest BCUT2D eigenvalue weighted by Crippen LogP contribution is -2.48. The molecule has 184 valence electrons. The third-order valence-electron chi connectivity index (χ3n) is 6.59. The molecule has 0 spiro atoms. The SMILES string of the molecule is O=C(c1ccc(-c2ccc(Cl)cc2)o1)N1CCN(Cc2ccc(OC3CCNCC3)c(Cl)c2)CC1. The maximum Gasteiger partial charge on any atom is 0.289 e. The lowest BCUT2D eigenvalue weighted by molar-refractivity contribution is 0.0598. The topological polar surface area (TPSA) is 58.0 Å². The fraction of sp³-hybridized carbons (Fsp3) is 0.370. The molecule has 2 aliphatic heterocycles. The van der Waals surface area contributed by atoms with Crippen molar-refractivity contribution in [1.29, 1.82) is 0 Å². The van der Waals surface area contributed by atoms with Crippen LogP contribution in [0.25, 0.3) is 11.3 Å². The summed E-state index contributed by atoms with van der Waals surface area (Å²) in [5, 5.41) is 4.67. The standard InChI is InChI=1S/C27H29Cl2N3O3/c28-21-4-2-20(3-5-21)24-7-8-26(35-24)27(33)32-15-13-31(14-16-32)18-19-1-6-25(23(29)17-19)34-22-9-11-30-12-10-22/h1-8,17,22,30H,9-16,18H2. The number of hydrogen-bond acceptors (Lipinski definition) is 5. The van der Waals surface area contributed by atoms with Crippen LogP contribution in [0.15, 0.2) is 59.0 Å². The highest BCUT2D eigenvalue weighted by Crippen LogP contribution is 2.29. The molecule has 1 amide bonds. The van der Waals surface area contributed by atoms with Crippen molar-refractivity contribution in [1.82, 2.24) is 15.1 Å². The summed E-state index contributed by atoms with van der Waals surface area (Å²) >= 11 is 12.5. The number of benzene rings is 2. The summed E-state index contributed by atoms with van der Waals surface area (Å²) in [5.41, 5.74) is 2.04. The van der Waals surface area contributed by atoms with Gasteiger partial charge in [-0.15, -0.1) is 0 Å². The Morgan fingerprint density at radius 2 is 1.71 bits per heavy atom. The van der Waals surface area contributed by atoms with Gasteiger partial charge in [0.15, 0.2) is 5.76 Å². The van der Waals surface area contributed by atoms with Crippen molar-refractivity contribution >= 4 is 29.1 Å². The van der Waals surface area contributed by atoms with Gasteiger partial charge in [-0.1, -0.05) is 29.3 Å². The van der Waals surface area contributed by atoms with Crippen LogP contribution in [0.2, 0.25) is 10.0 Å². The zero-order valence-electron chi connectivity index (χ0n) is 19.5. The number of carbonyl (C=O) groups is 1. The van der Waals surface area contributed by atoms with E-state index in [2.05, 4.69) is 16.3 Å². The first-order valence-corrected chi connectivity index (χ1v) is 12.8. The minimum atomic E-state index is -0.0766. The predicted molar refractivity (Wildman–Crippen MR) is 138 cm³/mol. The molecule has 6 nitrogen and oxygen atoms in total. The van der Waals surface area contributed by atoms with Crippen molar-refractivity contribution in [2.24, 2.45) is 0 Å². The summed E-state index contributed by atoms with van der Waals surface area (Å²) < 4.78 is 12.0. The molecule has 0 unspecified atom stereocenters. The molecule has 3 heterocycles. The van der Waals surface area contributed by atoms with E-state index in [0.717, 1.165) is 62.4 Å². The first-order valence-electron chi connectivity index (χ1n) is 12.1. The van der Waals surface area contributed by atoms with Gasteiger partial charge in [0.2, 0.25) is 0 Å². The second-order valence-corrected chi connectivity index (χ2v) is 9.91. The second kappa shape index (κ2) is 11.0. The second-order valence-electron chi connectivity index (χ2n) is 9.07. The van der Waals surface area contributed by atoms with Gasteiger partial charge in [-0.25, -0.2) is 0 Å². The number of furan rings is 1. The molecule has 3 aromatic rings. The van der Waals surface area contributed by atoms with Crippen LogP contribution >= 0.6 is 23.2 Å². The molecule has 2 aromatic carbocycles. The summed E-state index contributed by atoms with van der Waals surface area (Å²) in [4.78, 5) is 17.2. The predicted octanol–water partition coefficient (Wildman–Crippen LogP) is 5.34. The van der Waals surface area contributed by atoms with E-state index in [4.69, 9.17) is 32.4 Å². The highest BCUT2D eigenvalue weighted by Gasteiger charge is 2.25. The zero-order valence-corrected chi connectivity index (χ0v) is 21.0. The lowest BCUT2D eigenvalue weighted by atomic mass is 10.1. The number of piperazine rings is 1. The van der Waals surface area contributed by atoms with Gasteiger partial charge in [-0.05, 0) is 80.0 Å². The van der Waals surface area contributed by atoms with Crippen LogP contribution in [0.4, 0.5) is 0 Å². The molecule has 5 rings (SSSR count). The Bertz CT molecular complexity index is 1150. The number of hydrogen-bond donors (Lipinski definition) is 1. The molecule has 1 aromatic heterocycles. The van der Waals surface area contributed by atoms with Crippen LogP contribution in [-0.4, -0.2) is 61.1 Å². The summed E-state index contributed by atoms with van der Waals surface area (Å²) in [6.07, 6.45) is 2.23. The van der Waals surface area contributed by atoms with E-state index in [-0.39, 0.29) is 12.0 Å². The molecular formula is C27H29Cl2N3O3. The highest BCUT2D eigenvalue weighted by molar-refractivity contribution is 6.32. The third-order valence-corrected chi connectivity index (χ3v) is 7.13. The van der Waals surface area contributed by atoms with Crippen LogP contribution in [0, 0.1) is 0 Å². The Labute approximate surface area is 215 Å². The molecule has 2 saturated heterocycles. The van der Waals surface area contributed by atoms with E-state index < -0.39 is 0 Å². The molecule has 0 bridgehead atoms. The number of carbonyl (C=O) groups excluding carboxylic acids is 1. The molecule has 1 N–H and O–H groups in total. The number of halogens is 2. The molecular weight excluding hydrogens is 485 g/mol. The molecule has 8 heteroatoms. The number of amides is 1. The van der Waals surface area contributed by atoms with Crippen LogP contribution in [0.1, 0.15) is 29.0 Å². The lowest BCUT2D eigenvalue weighted by Gasteiger charge is -2.34. The van der Waals surface area contributed by atoms with E-state index >= 15 is 0 Å². The average Bonchev–Trinajstić information content (AvgIpc) is 3.37. The summed E-state index contributed by atoms with van der Waals surface area (Å²) in [6, 6.07) is 17.0. The third kappa shape index (κ3) is 6.01. The molecule has 35 heavy (non-hydrogen) atoms. The number of ether oxygens (including phenoxy) is 1. The van der Waals surface area contributed by atoms with Gasteiger partial charge in [0.1, 0.15) is 17.6 Å². The number of nitrogens with one attached hydrogen (secondary N) is 1. The van der Waals surface area contributed by atoms with Crippen molar-refractivity contribution in [3.8, 4) is 17.1 Å². The zero-order chi connectivity index (χ0) is 24.2. The number of piperidine rings is 1. The fourth-order valence-corrected chi connectivity index (χ4v) is 4.95. The van der Waals surface area contributed by atoms with Crippen LogP contribution in [-0.2, 0) is 6.54 Å². The Balaban J connectivity index is 1.13. The maximum absolute atomic E-state index is 13.0. The van der Waals surface area contributed by atoms with Crippen molar-refractivity contribution in [3.63, 3.8) is 0 Å². The Morgan fingerprint density at radius 3 is 2.43 bits per heavy atom. The van der Waals surface area contributed by atoms with Gasteiger partial charge in [-0.3, -0.25) is 9.69 Å². The number of rotatable bonds is 6. The van der Waals surface area contributed by atoms with Crippen molar-refractivity contribution < 1.29 is 13.9 Å². The van der Waals surface area contributed by atoms with Crippen LogP contribution in [0.3, 0.4) is 0 Å². The molecule has 0 atom stereocenters. The van der Waals surface area contributed by atoms with Crippen molar-refractivity contribution in [3.05, 3.63) is 76.0 Å².